The molecule has 1 saturated heterocycles. The van der Waals surface area contributed by atoms with Crippen LogP contribution in [0.25, 0.3) is 10.2 Å². The number of thiazole rings is 1. The van der Waals surface area contributed by atoms with Gasteiger partial charge in [-0.1, -0.05) is 0 Å². The molecule has 1 amide bonds. The third-order valence-electron chi connectivity index (χ3n) is 5.53. The van der Waals surface area contributed by atoms with E-state index in [1.54, 1.807) is 33.6 Å². The van der Waals surface area contributed by atoms with Crippen molar-refractivity contribution in [2.45, 2.75) is 39.8 Å². The first-order valence-electron chi connectivity index (χ1n) is 9.85. The van der Waals surface area contributed by atoms with Crippen LogP contribution in [0.5, 0.6) is 0 Å². The first-order valence-corrected chi connectivity index (χ1v) is 11.6. The molecule has 0 N–H and O–H groups in total. The largest absolute Gasteiger partial charge is 0.341 e. The molecule has 7 nitrogen and oxygen atoms in total. The highest BCUT2D eigenvalue weighted by atomic mass is 32.1. The topological polar surface area (TPSA) is 71.3 Å². The van der Waals surface area contributed by atoms with E-state index in [2.05, 4.69) is 20.2 Å². The van der Waals surface area contributed by atoms with Gasteiger partial charge in [0.25, 0.3) is 5.56 Å². The van der Waals surface area contributed by atoms with Crippen molar-refractivity contribution in [3.05, 3.63) is 43.7 Å². The van der Waals surface area contributed by atoms with E-state index in [0.29, 0.717) is 18.4 Å². The van der Waals surface area contributed by atoms with Crippen molar-refractivity contribution in [3.63, 3.8) is 0 Å². The molecule has 0 radical (unpaired) electrons. The van der Waals surface area contributed by atoms with E-state index >= 15 is 0 Å². The highest BCUT2D eigenvalue weighted by Gasteiger charge is 2.20. The van der Waals surface area contributed by atoms with Crippen molar-refractivity contribution in [2.75, 3.05) is 26.2 Å². The molecule has 29 heavy (non-hydrogen) atoms. The molecule has 0 aliphatic carbocycles. The van der Waals surface area contributed by atoms with Gasteiger partial charge >= 0.3 is 0 Å². The second-order valence-corrected chi connectivity index (χ2v) is 9.37. The Kier molecular flexibility index (Phi) is 6.07. The lowest BCUT2D eigenvalue weighted by Gasteiger charge is -2.21. The number of fused-ring (bicyclic) bond motifs is 1. The fourth-order valence-electron chi connectivity index (χ4n) is 3.73. The number of rotatable bonds is 5. The molecule has 4 rings (SSSR count). The van der Waals surface area contributed by atoms with Crippen molar-refractivity contribution in [2.24, 2.45) is 0 Å². The molecule has 1 fully saturated rings. The maximum atomic E-state index is 12.8. The van der Waals surface area contributed by atoms with Gasteiger partial charge in [-0.3, -0.25) is 19.1 Å². The number of aryl methyl sites for hydroxylation is 3. The normalized spacial score (nSPS) is 15.7. The molecule has 1 aliphatic heterocycles. The predicted molar refractivity (Wildman–Crippen MR) is 117 cm³/mol. The van der Waals surface area contributed by atoms with Crippen LogP contribution in [0.3, 0.4) is 0 Å². The summed E-state index contributed by atoms with van der Waals surface area (Å²) in [6.07, 6.45) is 2.85. The lowest BCUT2D eigenvalue weighted by Crippen LogP contribution is -2.36. The summed E-state index contributed by atoms with van der Waals surface area (Å²) in [6.45, 7) is 8.48. The Morgan fingerprint density at radius 2 is 2.03 bits per heavy atom. The van der Waals surface area contributed by atoms with Gasteiger partial charge in [-0.25, -0.2) is 9.97 Å². The smallest absolute Gasteiger partial charge is 0.262 e. The van der Waals surface area contributed by atoms with E-state index in [0.717, 1.165) is 60.1 Å². The maximum absolute atomic E-state index is 12.8. The summed E-state index contributed by atoms with van der Waals surface area (Å²) in [7, 11) is 0. The molecule has 3 aromatic heterocycles. The van der Waals surface area contributed by atoms with E-state index in [9.17, 15) is 9.59 Å². The van der Waals surface area contributed by atoms with Gasteiger partial charge in [0.1, 0.15) is 4.83 Å². The zero-order valence-electron chi connectivity index (χ0n) is 16.8. The average molecular weight is 432 g/mol. The zero-order valence-corrected chi connectivity index (χ0v) is 18.4. The molecule has 0 aromatic carbocycles. The lowest BCUT2D eigenvalue weighted by molar-refractivity contribution is -0.131. The van der Waals surface area contributed by atoms with Crippen LogP contribution in [0.4, 0.5) is 0 Å². The van der Waals surface area contributed by atoms with E-state index in [1.165, 1.54) is 0 Å². The van der Waals surface area contributed by atoms with Crippen LogP contribution >= 0.6 is 22.7 Å². The Hall–Kier alpha value is -2.10. The van der Waals surface area contributed by atoms with Crippen LogP contribution < -0.4 is 5.56 Å². The Morgan fingerprint density at radius 1 is 1.17 bits per heavy atom. The van der Waals surface area contributed by atoms with Gasteiger partial charge in [0, 0.05) is 55.9 Å². The van der Waals surface area contributed by atoms with Crippen molar-refractivity contribution in [1.82, 2.24) is 24.3 Å². The van der Waals surface area contributed by atoms with Gasteiger partial charge in [0.05, 0.1) is 22.9 Å². The van der Waals surface area contributed by atoms with Gasteiger partial charge in [-0.2, -0.15) is 0 Å². The number of carbonyl (C=O) groups is 1. The Balaban J connectivity index is 1.36. The Bertz CT molecular complexity index is 1060. The van der Waals surface area contributed by atoms with Crippen LogP contribution in [0.2, 0.25) is 0 Å². The zero-order chi connectivity index (χ0) is 20.4. The number of carbonyl (C=O) groups excluding carboxylic acids is 1. The van der Waals surface area contributed by atoms with Gasteiger partial charge in [-0.15, -0.1) is 22.7 Å². The molecular weight excluding hydrogens is 406 g/mol. The van der Waals surface area contributed by atoms with Gasteiger partial charge in [0.2, 0.25) is 5.91 Å². The highest BCUT2D eigenvalue weighted by molar-refractivity contribution is 7.18. The van der Waals surface area contributed by atoms with Crippen molar-refractivity contribution >= 4 is 38.8 Å². The number of hydrogen-bond donors (Lipinski definition) is 0. The van der Waals surface area contributed by atoms with E-state index < -0.39 is 0 Å². The molecule has 3 aromatic rings. The second-order valence-electron chi connectivity index (χ2n) is 7.45. The average Bonchev–Trinajstić information content (AvgIpc) is 3.23. The molecule has 0 bridgehead atoms. The van der Waals surface area contributed by atoms with Crippen LogP contribution in [0.15, 0.2) is 22.0 Å². The van der Waals surface area contributed by atoms with Gasteiger partial charge in [-0.05, 0) is 25.8 Å². The fraction of sp³-hybridized carbons (Fsp3) is 0.500. The predicted octanol–water partition coefficient (Wildman–Crippen LogP) is 2.66. The summed E-state index contributed by atoms with van der Waals surface area (Å²) < 4.78 is 1.58. The SMILES string of the molecule is Cc1sc2ncn(CCC(=O)N3CCCN(Cc4cscn4)CC3)c(=O)c2c1C. The second kappa shape index (κ2) is 8.73. The fourth-order valence-corrected chi connectivity index (χ4v) is 5.26. The molecule has 1 aliphatic rings. The molecule has 154 valence electrons. The number of thiophene rings is 1. The van der Waals surface area contributed by atoms with Crippen molar-refractivity contribution in [1.29, 1.82) is 0 Å². The molecule has 0 atom stereocenters. The van der Waals surface area contributed by atoms with Crippen molar-refractivity contribution in [3.8, 4) is 0 Å². The van der Waals surface area contributed by atoms with Crippen molar-refractivity contribution < 1.29 is 4.79 Å². The highest BCUT2D eigenvalue weighted by Crippen LogP contribution is 2.25. The maximum Gasteiger partial charge on any atom is 0.262 e. The standard InChI is InChI=1S/C20H25N5O2S2/c1-14-15(2)29-19-18(14)20(27)25(12-21-19)7-4-17(26)24-6-3-5-23(8-9-24)10-16-11-28-13-22-16/h11-13H,3-10H2,1-2H3. The number of nitrogens with zero attached hydrogens (tertiary/aromatic N) is 5. The van der Waals surface area contributed by atoms with Crippen LogP contribution in [0, 0.1) is 13.8 Å². The summed E-state index contributed by atoms with van der Waals surface area (Å²) >= 11 is 3.16. The molecule has 4 heterocycles. The quantitative estimate of drug-likeness (QED) is 0.621. The summed E-state index contributed by atoms with van der Waals surface area (Å²) in [4.78, 5) is 40.5. The number of aromatic nitrogens is 3. The Morgan fingerprint density at radius 3 is 2.83 bits per heavy atom. The van der Waals surface area contributed by atoms with Gasteiger partial charge < -0.3 is 4.90 Å². The summed E-state index contributed by atoms with van der Waals surface area (Å²) in [5.41, 5.74) is 3.90. The van der Waals surface area contributed by atoms with Crippen LogP contribution in [0.1, 0.15) is 29.0 Å². The molecule has 0 saturated carbocycles. The third kappa shape index (κ3) is 4.41. The summed E-state index contributed by atoms with van der Waals surface area (Å²) in [6, 6.07) is 0. The minimum Gasteiger partial charge on any atom is -0.341 e. The minimum atomic E-state index is -0.0463. The molecule has 0 unspecified atom stereocenters. The summed E-state index contributed by atoms with van der Waals surface area (Å²) in [5, 5.41) is 2.77. The molecule has 9 heteroatoms. The lowest BCUT2D eigenvalue weighted by atomic mass is 10.2. The molecular formula is C20H25N5O2S2. The van der Waals surface area contributed by atoms with Gasteiger partial charge in [0.15, 0.2) is 0 Å². The van der Waals surface area contributed by atoms with E-state index in [1.807, 2.05) is 24.3 Å². The number of hydrogen-bond acceptors (Lipinski definition) is 7. The van der Waals surface area contributed by atoms with Crippen LogP contribution in [-0.2, 0) is 17.9 Å². The van der Waals surface area contributed by atoms with E-state index in [-0.39, 0.29) is 11.5 Å². The first-order chi connectivity index (χ1) is 14.0. The molecule has 0 spiro atoms. The van der Waals surface area contributed by atoms with E-state index in [4.69, 9.17) is 0 Å². The summed E-state index contributed by atoms with van der Waals surface area (Å²) in [5.74, 6) is 0.103. The minimum absolute atomic E-state index is 0.0463. The Labute approximate surface area is 177 Å². The van der Waals surface area contributed by atoms with Crippen LogP contribution in [-0.4, -0.2) is 56.4 Å². The number of amides is 1. The first kappa shape index (κ1) is 20.2. The third-order valence-corrected chi connectivity index (χ3v) is 7.28. The monoisotopic (exact) mass is 431 g/mol.